The normalized spacial score (nSPS) is 14.6. The lowest BCUT2D eigenvalue weighted by atomic mass is 9.96. The number of thiazole rings is 1. The first-order chi connectivity index (χ1) is 20.3. The molecule has 0 spiro atoms. The largest absolute Gasteiger partial charge is 0.497 e. The molecule has 1 aliphatic rings. The number of carbonyl (C=O) groups excluding carboxylic acids is 1. The lowest BCUT2D eigenvalue weighted by molar-refractivity contribution is -0.384. The van der Waals surface area contributed by atoms with Crippen LogP contribution in [-0.2, 0) is 16.1 Å². The van der Waals surface area contributed by atoms with Gasteiger partial charge in [-0.05, 0) is 73.0 Å². The van der Waals surface area contributed by atoms with Crippen molar-refractivity contribution in [2.24, 2.45) is 4.99 Å². The molecule has 0 amide bonds. The fourth-order valence-corrected chi connectivity index (χ4v) is 5.63. The number of aromatic nitrogens is 1. The van der Waals surface area contributed by atoms with Gasteiger partial charge in [-0.15, -0.1) is 0 Å². The van der Waals surface area contributed by atoms with Crippen molar-refractivity contribution >= 4 is 29.1 Å². The third kappa shape index (κ3) is 5.86. The molecule has 11 heteroatoms. The van der Waals surface area contributed by atoms with Crippen LogP contribution >= 0.6 is 11.3 Å². The summed E-state index contributed by atoms with van der Waals surface area (Å²) in [7, 11) is 1.57. The number of methoxy groups -OCH3 is 1. The number of hydrogen-bond donors (Lipinski definition) is 0. The van der Waals surface area contributed by atoms with E-state index >= 15 is 0 Å². The standard InChI is InChI=1S/C31H27N3O7S/c1-4-40-30(36)27-19(2)32-31-33(28(27)22-9-15-24(39-3)16-10-22)29(35)26(42-31)17-20-7-13-25(14-8-20)41-18-21-5-11-23(12-6-21)34(37)38/h5-17,28H,4,18H2,1-3H3/b26-17-/t28-/m0/s1. The van der Waals surface area contributed by atoms with Gasteiger partial charge < -0.3 is 14.2 Å². The van der Waals surface area contributed by atoms with Crippen molar-refractivity contribution in [1.82, 2.24) is 4.57 Å². The van der Waals surface area contributed by atoms with Gasteiger partial charge in [0.15, 0.2) is 4.80 Å². The van der Waals surface area contributed by atoms with Crippen molar-refractivity contribution in [3.8, 4) is 11.5 Å². The van der Waals surface area contributed by atoms with E-state index in [0.29, 0.717) is 32.1 Å². The van der Waals surface area contributed by atoms with Crippen molar-refractivity contribution in [2.75, 3.05) is 13.7 Å². The number of ether oxygens (including phenoxy) is 3. The van der Waals surface area contributed by atoms with Crippen LogP contribution < -0.4 is 24.4 Å². The molecule has 0 bridgehead atoms. The van der Waals surface area contributed by atoms with Crippen LogP contribution in [-0.4, -0.2) is 29.2 Å². The number of hydrogen-bond acceptors (Lipinski definition) is 9. The molecule has 42 heavy (non-hydrogen) atoms. The molecule has 0 saturated carbocycles. The highest BCUT2D eigenvalue weighted by Crippen LogP contribution is 2.31. The summed E-state index contributed by atoms with van der Waals surface area (Å²) in [6.07, 6.45) is 1.78. The highest BCUT2D eigenvalue weighted by molar-refractivity contribution is 7.07. The van der Waals surface area contributed by atoms with Gasteiger partial charge >= 0.3 is 5.97 Å². The molecule has 0 N–H and O–H groups in total. The summed E-state index contributed by atoms with van der Waals surface area (Å²) in [6.45, 7) is 3.93. The summed E-state index contributed by atoms with van der Waals surface area (Å²) < 4.78 is 18.4. The number of nitro groups is 1. The molecule has 4 aromatic rings. The third-order valence-corrected chi connectivity index (χ3v) is 7.66. The second-order valence-electron chi connectivity index (χ2n) is 9.36. The van der Waals surface area contributed by atoms with E-state index < -0.39 is 16.9 Å². The quantitative estimate of drug-likeness (QED) is 0.163. The SMILES string of the molecule is CCOC(=O)C1=C(C)N=c2s/c(=C\c3ccc(OCc4ccc([N+](=O)[O-])cc4)cc3)c(=O)n2[C@H]1c1ccc(OC)cc1. The van der Waals surface area contributed by atoms with E-state index in [1.54, 1.807) is 68.0 Å². The van der Waals surface area contributed by atoms with Crippen LogP contribution in [0.15, 0.2) is 93.9 Å². The molecule has 0 aliphatic carbocycles. The Kier molecular flexibility index (Phi) is 8.30. The predicted molar refractivity (Wildman–Crippen MR) is 157 cm³/mol. The monoisotopic (exact) mass is 585 g/mol. The molecule has 0 unspecified atom stereocenters. The number of nitro benzene ring substituents is 1. The number of allylic oxidation sites excluding steroid dienone is 1. The number of fused-ring (bicyclic) bond motifs is 1. The predicted octanol–water partition coefficient (Wildman–Crippen LogP) is 4.29. The molecule has 0 radical (unpaired) electrons. The smallest absolute Gasteiger partial charge is 0.338 e. The summed E-state index contributed by atoms with van der Waals surface area (Å²) in [5.74, 6) is 0.754. The maximum absolute atomic E-state index is 13.8. The van der Waals surface area contributed by atoms with E-state index in [1.165, 1.54) is 23.5 Å². The second kappa shape index (κ2) is 12.2. The first kappa shape index (κ1) is 28.5. The highest BCUT2D eigenvalue weighted by Gasteiger charge is 2.33. The lowest BCUT2D eigenvalue weighted by Gasteiger charge is -2.24. The van der Waals surface area contributed by atoms with Crippen LogP contribution in [0.5, 0.6) is 11.5 Å². The highest BCUT2D eigenvalue weighted by atomic mass is 32.1. The van der Waals surface area contributed by atoms with Crippen molar-refractivity contribution in [1.29, 1.82) is 0 Å². The number of nitrogens with zero attached hydrogens (tertiary/aromatic N) is 3. The Morgan fingerprint density at radius 3 is 2.33 bits per heavy atom. The van der Waals surface area contributed by atoms with Crippen LogP contribution in [0.2, 0.25) is 0 Å². The minimum atomic E-state index is -0.705. The van der Waals surface area contributed by atoms with E-state index in [2.05, 4.69) is 4.99 Å². The minimum absolute atomic E-state index is 0.0241. The molecule has 10 nitrogen and oxygen atoms in total. The van der Waals surface area contributed by atoms with E-state index in [9.17, 15) is 19.7 Å². The zero-order chi connectivity index (χ0) is 29.8. The van der Waals surface area contributed by atoms with Gasteiger partial charge in [0.1, 0.15) is 18.1 Å². The Labute approximate surface area is 244 Å². The average molecular weight is 586 g/mol. The molecule has 1 aliphatic heterocycles. The van der Waals surface area contributed by atoms with Crippen molar-refractivity contribution < 1.29 is 23.9 Å². The lowest BCUT2D eigenvalue weighted by Crippen LogP contribution is -2.39. The summed E-state index contributed by atoms with van der Waals surface area (Å²) in [4.78, 5) is 42.3. The molecular formula is C31H27N3O7S. The van der Waals surface area contributed by atoms with Gasteiger partial charge in [-0.25, -0.2) is 9.79 Å². The molecule has 0 saturated heterocycles. The summed E-state index contributed by atoms with van der Waals surface area (Å²) >= 11 is 1.25. The molecule has 1 aromatic heterocycles. The zero-order valence-corrected chi connectivity index (χ0v) is 23.9. The minimum Gasteiger partial charge on any atom is -0.497 e. The molecule has 214 valence electrons. The zero-order valence-electron chi connectivity index (χ0n) is 23.1. The summed E-state index contributed by atoms with van der Waals surface area (Å²) in [5, 5.41) is 10.8. The van der Waals surface area contributed by atoms with Crippen molar-refractivity contribution in [2.45, 2.75) is 26.5 Å². The number of rotatable bonds is 9. The fourth-order valence-electron chi connectivity index (χ4n) is 4.59. The fraction of sp³-hybridized carbons (Fsp3) is 0.194. The van der Waals surface area contributed by atoms with Crippen molar-refractivity contribution in [3.63, 3.8) is 0 Å². The van der Waals surface area contributed by atoms with Gasteiger partial charge in [0.2, 0.25) is 0 Å². The molecule has 5 rings (SSSR count). The van der Waals surface area contributed by atoms with Crippen LogP contribution in [0.3, 0.4) is 0 Å². The molecular weight excluding hydrogens is 558 g/mol. The molecule has 2 heterocycles. The Morgan fingerprint density at radius 1 is 1.05 bits per heavy atom. The molecule has 1 atom stereocenters. The van der Waals surface area contributed by atoms with Gasteiger partial charge in [-0.1, -0.05) is 35.6 Å². The first-order valence-electron chi connectivity index (χ1n) is 13.1. The number of benzene rings is 3. The summed E-state index contributed by atoms with van der Waals surface area (Å²) in [6, 6.07) is 20.0. The Bertz CT molecular complexity index is 1840. The van der Waals surface area contributed by atoms with Gasteiger partial charge in [-0.3, -0.25) is 19.5 Å². The van der Waals surface area contributed by atoms with Crippen molar-refractivity contribution in [3.05, 3.63) is 131 Å². The topological polar surface area (TPSA) is 122 Å². The second-order valence-corrected chi connectivity index (χ2v) is 10.4. The third-order valence-electron chi connectivity index (χ3n) is 6.68. The number of carbonyl (C=O) groups is 1. The summed E-state index contributed by atoms with van der Waals surface area (Å²) in [5.41, 5.74) is 2.88. The molecule has 3 aromatic carbocycles. The van der Waals surface area contributed by atoms with Crippen LogP contribution in [0.4, 0.5) is 5.69 Å². The van der Waals surface area contributed by atoms with E-state index in [-0.39, 0.29) is 24.5 Å². The maximum atomic E-state index is 13.8. The van der Waals surface area contributed by atoms with E-state index in [0.717, 1.165) is 16.7 Å². The Morgan fingerprint density at radius 2 is 1.71 bits per heavy atom. The van der Waals surface area contributed by atoms with Crippen LogP contribution in [0, 0.1) is 10.1 Å². The van der Waals surface area contributed by atoms with Gasteiger partial charge in [-0.2, -0.15) is 0 Å². The number of esters is 1. The first-order valence-corrected chi connectivity index (χ1v) is 13.9. The van der Waals surface area contributed by atoms with E-state index in [4.69, 9.17) is 14.2 Å². The van der Waals surface area contributed by atoms with Gasteiger partial charge in [0, 0.05) is 12.1 Å². The van der Waals surface area contributed by atoms with Gasteiger partial charge in [0.25, 0.3) is 11.2 Å². The van der Waals surface area contributed by atoms with Crippen LogP contribution in [0.25, 0.3) is 6.08 Å². The Balaban J connectivity index is 1.45. The molecule has 0 fully saturated rings. The average Bonchev–Trinajstić information content (AvgIpc) is 3.30. The van der Waals surface area contributed by atoms with Crippen LogP contribution in [0.1, 0.15) is 36.6 Å². The number of non-ortho nitro benzene ring substituents is 1. The van der Waals surface area contributed by atoms with E-state index in [1.807, 2.05) is 24.3 Å². The maximum Gasteiger partial charge on any atom is 0.338 e. The van der Waals surface area contributed by atoms with Gasteiger partial charge in [0.05, 0.1) is 40.5 Å². The Hall–Kier alpha value is -5.03.